The summed E-state index contributed by atoms with van der Waals surface area (Å²) >= 11 is 0. The van der Waals surface area contributed by atoms with E-state index in [0.717, 1.165) is 0 Å². The third-order valence-electron chi connectivity index (χ3n) is 1.86. The van der Waals surface area contributed by atoms with Gasteiger partial charge in [-0.15, -0.1) is 0 Å². The first-order valence-corrected chi connectivity index (χ1v) is 4.13. The molecule has 0 saturated heterocycles. The van der Waals surface area contributed by atoms with Gasteiger partial charge >= 0.3 is 0 Å². The van der Waals surface area contributed by atoms with Gasteiger partial charge in [-0.05, 0) is 13.0 Å². The van der Waals surface area contributed by atoms with Crippen molar-refractivity contribution in [3.05, 3.63) is 17.7 Å². The van der Waals surface area contributed by atoms with Crippen LogP contribution in [0.2, 0.25) is 0 Å². The van der Waals surface area contributed by atoms with E-state index in [0.29, 0.717) is 5.56 Å². The molecular weight excluding hydrogens is 184 g/mol. The van der Waals surface area contributed by atoms with Crippen molar-refractivity contribution in [3.63, 3.8) is 0 Å². The largest absolute Gasteiger partial charge is 0.504 e. The van der Waals surface area contributed by atoms with Gasteiger partial charge in [0.2, 0.25) is 5.75 Å². The molecule has 2 N–H and O–H groups in total. The van der Waals surface area contributed by atoms with Crippen LogP contribution >= 0.6 is 0 Å². The van der Waals surface area contributed by atoms with E-state index in [-0.39, 0.29) is 29.5 Å². The molecular formula is C10H12O4. The Kier molecular flexibility index (Phi) is 2.96. The summed E-state index contributed by atoms with van der Waals surface area (Å²) in [6.45, 7) is 1.42. The van der Waals surface area contributed by atoms with E-state index in [9.17, 15) is 15.0 Å². The van der Waals surface area contributed by atoms with Crippen molar-refractivity contribution in [2.24, 2.45) is 0 Å². The highest BCUT2D eigenvalue weighted by Gasteiger charge is 2.12. The number of rotatable bonds is 3. The number of hydrogen-bond donors (Lipinski definition) is 2. The molecule has 1 aromatic carbocycles. The van der Waals surface area contributed by atoms with Gasteiger partial charge in [0.15, 0.2) is 11.5 Å². The fourth-order valence-corrected chi connectivity index (χ4v) is 1.18. The molecule has 0 aliphatic rings. The number of Topliss-reactive ketones (excluding diaryl/α,β-unsaturated/α-hetero) is 1. The Morgan fingerprint density at radius 1 is 1.36 bits per heavy atom. The van der Waals surface area contributed by atoms with Crippen LogP contribution in [0.4, 0.5) is 0 Å². The molecule has 0 atom stereocenters. The first kappa shape index (κ1) is 10.4. The Morgan fingerprint density at radius 3 is 2.50 bits per heavy atom. The molecule has 76 valence electrons. The van der Waals surface area contributed by atoms with Crippen molar-refractivity contribution in [2.75, 3.05) is 7.11 Å². The van der Waals surface area contributed by atoms with Crippen LogP contribution in [0.1, 0.15) is 12.5 Å². The maximum absolute atomic E-state index is 10.8. The molecule has 0 aliphatic heterocycles. The Balaban J connectivity index is 3.10. The summed E-state index contributed by atoms with van der Waals surface area (Å²) in [4.78, 5) is 10.8. The standard InChI is InChI=1S/C10H12O4/c1-6(11)5-7-3-4-8(14-2)10(13)9(7)12/h3-4,12-13H,5H2,1-2H3. The van der Waals surface area contributed by atoms with E-state index in [2.05, 4.69) is 0 Å². The predicted octanol–water partition coefficient (Wildman–Crippen LogP) is 1.24. The number of aromatic hydroxyl groups is 2. The molecule has 0 aromatic heterocycles. The molecule has 0 spiro atoms. The number of ether oxygens (including phenoxy) is 1. The zero-order chi connectivity index (χ0) is 10.7. The molecule has 14 heavy (non-hydrogen) atoms. The lowest BCUT2D eigenvalue weighted by Gasteiger charge is -2.08. The van der Waals surface area contributed by atoms with Crippen molar-refractivity contribution in [3.8, 4) is 17.2 Å². The summed E-state index contributed by atoms with van der Waals surface area (Å²) in [7, 11) is 1.39. The number of phenols is 2. The van der Waals surface area contributed by atoms with Gasteiger partial charge in [0, 0.05) is 12.0 Å². The minimum absolute atomic E-state index is 0.0788. The SMILES string of the molecule is COc1ccc(CC(C)=O)c(O)c1O. The van der Waals surface area contributed by atoms with Gasteiger partial charge in [-0.1, -0.05) is 6.07 Å². The minimum atomic E-state index is -0.328. The van der Waals surface area contributed by atoms with Crippen molar-refractivity contribution < 1.29 is 19.7 Å². The quantitative estimate of drug-likeness (QED) is 0.714. The monoisotopic (exact) mass is 196 g/mol. The summed E-state index contributed by atoms with van der Waals surface area (Å²) < 4.78 is 4.79. The molecule has 0 heterocycles. The molecule has 0 fully saturated rings. The van der Waals surface area contributed by atoms with Crippen LogP contribution in [-0.2, 0) is 11.2 Å². The normalized spacial score (nSPS) is 9.86. The average Bonchev–Trinajstić information content (AvgIpc) is 2.13. The number of carbonyl (C=O) groups is 1. The molecule has 0 saturated carbocycles. The number of carbonyl (C=O) groups excluding carboxylic acids is 1. The van der Waals surface area contributed by atoms with Crippen LogP contribution < -0.4 is 4.74 Å². The van der Waals surface area contributed by atoms with Gasteiger partial charge in [-0.25, -0.2) is 0 Å². The third kappa shape index (κ3) is 1.96. The number of ketones is 1. The van der Waals surface area contributed by atoms with E-state index >= 15 is 0 Å². The lowest BCUT2D eigenvalue weighted by molar-refractivity contribution is -0.116. The topological polar surface area (TPSA) is 66.8 Å². The Morgan fingerprint density at radius 2 is 2.00 bits per heavy atom. The molecule has 0 bridgehead atoms. The zero-order valence-corrected chi connectivity index (χ0v) is 8.07. The maximum Gasteiger partial charge on any atom is 0.200 e. The first-order chi connectivity index (χ1) is 6.56. The second-order valence-electron chi connectivity index (χ2n) is 3.00. The molecule has 1 rings (SSSR count). The number of hydrogen-bond acceptors (Lipinski definition) is 4. The van der Waals surface area contributed by atoms with E-state index in [1.165, 1.54) is 20.1 Å². The van der Waals surface area contributed by atoms with Gasteiger partial charge in [-0.2, -0.15) is 0 Å². The fraction of sp³-hybridized carbons (Fsp3) is 0.300. The van der Waals surface area contributed by atoms with Gasteiger partial charge in [0.05, 0.1) is 7.11 Å². The van der Waals surface area contributed by atoms with E-state index in [1.54, 1.807) is 6.07 Å². The van der Waals surface area contributed by atoms with E-state index in [1.807, 2.05) is 0 Å². The predicted molar refractivity (Wildman–Crippen MR) is 50.7 cm³/mol. The lowest BCUT2D eigenvalue weighted by Crippen LogP contribution is -1.97. The molecule has 0 unspecified atom stereocenters. The van der Waals surface area contributed by atoms with Crippen molar-refractivity contribution in [1.82, 2.24) is 0 Å². The molecule has 4 heteroatoms. The van der Waals surface area contributed by atoms with Crippen LogP contribution in [-0.4, -0.2) is 23.1 Å². The van der Waals surface area contributed by atoms with Crippen molar-refractivity contribution >= 4 is 5.78 Å². The van der Waals surface area contributed by atoms with Crippen LogP contribution in [0.15, 0.2) is 12.1 Å². The smallest absolute Gasteiger partial charge is 0.200 e. The lowest BCUT2D eigenvalue weighted by atomic mass is 10.1. The highest BCUT2D eigenvalue weighted by atomic mass is 16.5. The van der Waals surface area contributed by atoms with Crippen molar-refractivity contribution in [2.45, 2.75) is 13.3 Å². The number of phenolic OH excluding ortho intramolecular Hbond substituents is 2. The summed E-state index contributed by atoms with van der Waals surface area (Å²) in [5, 5.41) is 18.9. The fourth-order valence-electron chi connectivity index (χ4n) is 1.18. The molecule has 0 radical (unpaired) electrons. The second-order valence-corrected chi connectivity index (χ2v) is 3.00. The molecule has 4 nitrogen and oxygen atoms in total. The first-order valence-electron chi connectivity index (χ1n) is 4.13. The Hall–Kier alpha value is -1.71. The Labute approximate surface area is 81.8 Å². The summed E-state index contributed by atoms with van der Waals surface area (Å²) in [6, 6.07) is 3.06. The Bertz CT molecular complexity index is 357. The minimum Gasteiger partial charge on any atom is -0.504 e. The summed E-state index contributed by atoms with van der Waals surface area (Å²) in [5.74, 6) is -0.509. The highest BCUT2D eigenvalue weighted by molar-refractivity contribution is 5.79. The van der Waals surface area contributed by atoms with E-state index in [4.69, 9.17) is 4.74 Å². The van der Waals surface area contributed by atoms with Crippen LogP contribution in [0.3, 0.4) is 0 Å². The average molecular weight is 196 g/mol. The zero-order valence-electron chi connectivity index (χ0n) is 8.07. The number of benzene rings is 1. The maximum atomic E-state index is 10.8. The second kappa shape index (κ2) is 4.00. The summed E-state index contributed by atoms with van der Waals surface area (Å²) in [6.07, 6.45) is 0.101. The highest BCUT2D eigenvalue weighted by Crippen LogP contribution is 2.37. The van der Waals surface area contributed by atoms with Gasteiger partial charge in [0.1, 0.15) is 5.78 Å². The van der Waals surface area contributed by atoms with Crippen molar-refractivity contribution in [1.29, 1.82) is 0 Å². The molecule has 0 amide bonds. The number of methoxy groups -OCH3 is 1. The summed E-state index contributed by atoms with van der Waals surface area (Å²) in [5.41, 5.74) is 0.399. The van der Waals surface area contributed by atoms with Crippen LogP contribution in [0.5, 0.6) is 17.2 Å². The van der Waals surface area contributed by atoms with E-state index < -0.39 is 0 Å². The molecule has 1 aromatic rings. The van der Waals surface area contributed by atoms with Gasteiger partial charge in [-0.3, -0.25) is 4.79 Å². The van der Waals surface area contributed by atoms with Crippen LogP contribution in [0.25, 0.3) is 0 Å². The third-order valence-corrected chi connectivity index (χ3v) is 1.86. The van der Waals surface area contributed by atoms with Crippen LogP contribution in [0, 0.1) is 0 Å². The van der Waals surface area contributed by atoms with Gasteiger partial charge < -0.3 is 14.9 Å². The van der Waals surface area contributed by atoms with Gasteiger partial charge in [0.25, 0.3) is 0 Å². The molecule has 0 aliphatic carbocycles.